The number of nitrogens with two attached hydrogens (primary N) is 1. The van der Waals surface area contributed by atoms with E-state index >= 15 is 0 Å². The second-order valence-electron chi connectivity index (χ2n) is 3.28. The molecule has 0 aromatic heterocycles. The van der Waals surface area contributed by atoms with Crippen molar-refractivity contribution in [3.8, 4) is 11.8 Å². The summed E-state index contributed by atoms with van der Waals surface area (Å²) in [6, 6.07) is 4.86. The van der Waals surface area contributed by atoms with Crippen molar-refractivity contribution >= 4 is 10.0 Å². The Kier molecular flexibility index (Phi) is 4.04. The van der Waals surface area contributed by atoms with Crippen molar-refractivity contribution in [2.24, 2.45) is 5.14 Å². The molecule has 0 radical (unpaired) electrons. The molecule has 1 atom stereocenters. The van der Waals surface area contributed by atoms with Gasteiger partial charge in [0.2, 0.25) is 10.0 Å². The largest absolute Gasteiger partial charge is 0.473 e. The first-order valence-electron chi connectivity index (χ1n) is 4.77. The lowest BCUT2D eigenvalue weighted by Crippen LogP contribution is -2.15. The van der Waals surface area contributed by atoms with Crippen LogP contribution in [0.2, 0.25) is 0 Å². The number of benzene rings is 1. The van der Waals surface area contributed by atoms with E-state index in [0.717, 1.165) is 18.2 Å². The molecule has 92 valence electrons. The quantitative estimate of drug-likeness (QED) is 0.876. The number of primary sulfonamides is 1. The van der Waals surface area contributed by atoms with Crippen LogP contribution in [0.1, 0.15) is 13.3 Å². The van der Waals surface area contributed by atoms with Crippen molar-refractivity contribution in [2.75, 3.05) is 0 Å². The number of halogens is 1. The van der Waals surface area contributed by atoms with Gasteiger partial charge in [-0.2, -0.15) is 5.26 Å². The second-order valence-corrected chi connectivity index (χ2v) is 4.84. The number of hydrogen-bond donors (Lipinski definition) is 1. The number of hydrogen-bond acceptors (Lipinski definition) is 4. The molecule has 1 rings (SSSR count). The van der Waals surface area contributed by atoms with Crippen LogP contribution in [0.3, 0.4) is 0 Å². The van der Waals surface area contributed by atoms with E-state index in [1.165, 1.54) is 0 Å². The average molecular weight is 258 g/mol. The number of nitrogens with zero attached hydrogens (tertiary/aromatic N) is 1. The normalized spacial score (nSPS) is 12.8. The van der Waals surface area contributed by atoms with E-state index < -0.39 is 21.9 Å². The Balaban J connectivity index is 3.03. The third-order valence-electron chi connectivity index (χ3n) is 2.02. The maximum atomic E-state index is 13.5. The van der Waals surface area contributed by atoms with Gasteiger partial charge in [-0.05, 0) is 24.6 Å². The third kappa shape index (κ3) is 3.41. The summed E-state index contributed by atoms with van der Waals surface area (Å²) in [7, 11) is -3.94. The predicted octanol–water partition coefficient (Wildman–Crippen LogP) is 1.15. The molecule has 5 nitrogen and oxygen atoms in total. The number of sulfonamides is 1. The van der Waals surface area contributed by atoms with Gasteiger partial charge in [-0.3, -0.25) is 0 Å². The molecule has 1 unspecified atom stereocenters. The van der Waals surface area contributed by atoms with Crippen LogP contribution in [0.15, 0.2) is 23.1 Å². The summed E-state index contributed by atoms with van der Waals surface area (Å²) in [5, 5.41) is 13.5. The first-order valence-corrected chi connectivity index (χ1v) is 6.31. The molecule has 1 aromatic rings. The molecular weight excluding hydrogens is 247 g/mol. The van der Waals surface area contributed by atoms with Crippen molar-refractivity contribution < 1.29 is 17.5 Å². The Morgan fingerprint density at radius 2 is 2.24 bits per heavy atom. The van der Waals surface area contributed by atoms with E-state index in [9.17, 15) is 12.8 Å². The van der Waals surface area contributed by atoms with Gasteiger partial charge >= 0.3 is 0 Å². The molecule has 0 heterocycles. The highest BCUT2D eigenvalue weighted by atomic mass is 32.2. The van der Waals surface area contributed by atoms with Crippen LogP contribution in [-0.4, -0.2) is 14.5 Å². The fourth-order valence-corrected chi connectivity index (χ4v) is 1.63. The highest BCUT2D eigenvalue weighted by Crippen LogP contribution is 2.21. The SMILES string of the molecule is CCC(C#N)Oc1ccc(S(N)(=O)=O)cc1F. The zero-order chi connectivity index (χ0) is 13.1. The molecule has 0 spiro atoms. The molecule has 0 aliphatic rings. The first-order chi connectivity index (χ1) is 7.88. The van der Waals surface area contributed by atoms with Gasteiger partial charge in [0.05, 0.1) is 4.90 Å². The van der Waals surface area contributed by atoms with E-state index in [1.54, 1.807) is 6.92 Å². The van der Waals surface area contributed by atoms with Gasteiger partial charge < -0.3 is 4.74 Å². The molecule has 2 N–H and O–H groups in total. The molecule has 0 fully saturated rings. The summed E-state index contributed by atoms with van der Waals surface area (Å²) in [6.45, 7) is 1.71. The van der Waals surface area contributed by atoms with Crippen LogP contribution >= 0.6 is 0 Å². The minimum absolute atomic E-state index is 0.175. The van der Waals surface area contributed by atoms with Gasteiger partial charge in [-0.15, -0.1) is 0 Å². The summed E-state index contributed by atoms with van der Waals surface area (Å²) in [6.07, 6.45) is -0.378. The lowest BCUT2D eigenvalue weighted by atomic mass is 10.3. The molecule has 7 heteroatoms. The Hall–Kier alpha value is -1.65. The molecular formula is C10H11FN2O3S. The van der Waals surface area contributed by atoms with Gasteiger partial charge in [0.1, 0.15) is 6.07 Å². The zero-order valence-electron chi connectivity index (χ0n) is 9.05. The smallest absolute Gasteiger partial charge is 0.238 e. The fraction of sp³-hybridized carbons (Fsp3) is 0.300. The van der Waals surface area contributed by atoms with Crippen LogP contribution in [-0.2, 0) is 10.0 Å². The van der Waals surface area contributed by atoms with Crippen molar-refractivity contribution in [3.05, 3.63) is 24.0 Å². The molecule has 1 aromatic carbocycles. The van der Waals surface area contributed by atoms with Gasteiger partial charge in [-0.1, -0.05) is 6.92 Å². The fourth-order valence-electron chi connectivity index (χ4n) is 1.11. The van der Waals surface area contributed by atoms with Gasteiger partial charge in [0.25, 0.3) is 0 Å². The van der Waals surface area contributed by atoms with Gasteiger partial charge in [0, 0.05) is 0 Å². The molecule has 0 aliphatic carbocycles. The van der Waals surface area contributed by atoms with Crippen LogP contribution in [0.4, 0.5) is 4.39 Å². The first kappa shape index (κ1) is 13.4. The maximum absolute atomic E-state index is 13.5. The van der Waals surface area contributed by atoms with Crippen LogP contribution in [0.5, 0.6) is 5.75 Å². The molecule has 0 amide bonds. The predicted molar refractivity (Wildman–Crippen MR) is 58.1 cm³/mol. The van der Waals surface area contributed by atoms with E-state index in [1.807, 2.05) is 6.07 Å². The number of ether oxygens (including phenoxy) is 1. The van der Waals surface area contributed by atoms with Gasteiger partial charge in [-0.25, -0.2) is 17.9 Å². The van der Waals surface area contributed by atoms with Crippen LogP contribution in [0.25, 0.3) is 0 Å². The highest BCUT2D eigenvalue weighted by molar-refractivity contribution is 7.89. The third-order valence-corrected chi connectivity index (χ3v) is 2.93. The summed E-state index contributed by atoms with van der Waals surface area (Å²) >= 11 is 0. The van der Waals surface area contributed by atoms with Crippen LogP contribution in [0, 0.1) is 17.1 Å². The van der Waals surface area contributed by atoms with Crippen LogP contribution < -0.4 is 9.88 Å². The number of nitriles is 1. The molecule has 0 saturated carbocycles. The topological polar surface area (TPSA) is 93.2 Å². The van der Waals surface area contributed by atoms with E-state index in [0.29, 0.717) is 6.42 Å². The van der Waals surface area contributed by atoms with Gasteiger partial charge in [0.15, 0.2) is 17.7 Å². The second kappa shape index (κ2) is 5.12. The van der Waals surface area contributed by atoms with Crippen molar-refractivity contribution in [1.29, 1.82) is 5.26 Å². The van der Waals surface area contributed by atoms with Crippen molar-refractivity contribution in [3.63, 3.8) is 0 Å². The lowest BCUT2D eigenvalue weighted by Gasteiger charge is -2.11. The summed E-state index contributed by atoms with van der Waals surface area (Å²) < 4.78 is 40.4. The van der Waals surface area contributed by atoms with Crippen molar-refractivity contribution in [1.82, 2.24) is 0 Å². The minimum Gasteiger partial charge on any atom is -0.473 e. The molecule has 17 heavy (non-hydrogen) atoms. The minimum atomic E-state index is -3.94. The Morgan fingerprint density at radius 3 is 2.65 bits per heavy atom. The van der Waals surface area contributed by atoms with Crippen molar-refractivity contribution in [2.45, 2.75) is 24.3 Å². The Morgan fingerprint density at radius 1 is 1.59 bits per heavy atom. The Bertz CT molecular complexity index is 551. The monoisotopic (exact) mass is 258 g/mol. The van der Waals surface area contributed by atoms with E-state index in [2.05, 4.69) is 0 Å². The average Bonchev–Trinajstić information content (AvgIpc) is 2.26. The number of rotatable bonds is 4. The summed E-state index contributed by atoms with van der Waals surface area (Å²) in [5.74, 6) is -1.05. The summed E-state index contributed by atoms with van der Waals surface area (Å²) in [4.78, 5) is -0.340. The standard InChI is InChI=1S/C10H11FN2O3S/c1-2-7(6-12)16-10-4-3-8(5-9(10)11)17(13,14)15/h3-5,7H,2H2,1H3,(H2,13,14,15). The Labute approximate surface area is 98.7 Å². The zero-order valence-corrected chi connectivity index (χ0v) is 9.87. The summed E-state index contributed by atoms with van der Waals surface area (Å²) in [5.41, 5.74) is 0. The highest BCUT2D eigenvalue weighted by Gasteiger charge is 2.14. The molecule has 0 saturated heterocycles. The lowest BCUT2D eigenvalue weighted by molar-refractivity contribution is 0.240. The van der Waals surface area contributed by atoms with E-state index in [-0.39, 0.29) is 10.6 Å². The maximum Gasteiger partial charge on any atom is 0.238 e. The van der Waals surface area contributed by atoms with E-state index in [4.69, 9.17) is 15.1 Å². The molecule has 0 bridgehead atoms. The molecule has 0 aliphatic heterocycles.